The van der Waals surface area contributed by atoms with Gasteiger partial charge in [0.25, 0.3) is 5.91 Å². The zero-order valence-electron chi connectivity index (χ0n) is 14.0. The monoisotopic (exact) mass is 321 g/mol. The van der Waals surface area contributed by atoms with Gasteiger partial charge in [0.1, 0.15) is 5.60 Å². The van der Waals surface area contributed by atoms with Crippen LogP contribution in [0.2, 0.25) is 0 Å². The number of likely N-dealkylation sites (tertiary alicyclic amines) is 2. The van der Waals surface area contributed by atoms with Gasteiger partial charge in [0.05, 0.1) is 5.69 Å². The number of hydrogen-bond acceptors (Lipinski definition) is 5. The van der Waals surface area contributed by atoms with Crippen molar-refractivity contribution in [3.05, 3.63) is 17.8 Å². The normalized spacial score (nSPS) is 24.0. The lowest BCUT2D eigenvalue weighted by molar-refractivity contribution is 0.0275. The highest BCUT2D eigenvalue weighted by Gasteiger charge is 2.44. The number of nitrogens with zero attached hydrogens (tertiary/aromatic N) is 3. The molecule has 0 saturated carbocycles. The predicted octanol–water partition coefficient (Wildman–Crippen LogP) is 1.92. The maximum absolute atomic E-state index is 12.5. The second-order valence-electron chi connectivity index (χ2n) is 7.38. The van der Waals surface area contributed by atoms with Crippen molar-refractivity contribution in [1.82, 2.24) is 14.8 Å². The molecular formula is C16H23N3O4. The van der Waals surface area contributed by atoms with Crippen molar-refractivity contribution in [2.45, 2.75) is 33.3 Å². The molecule has 126 valence electrons. The lowest BCUT2D eigenvalue weighted by Gasteiger charge is -2.25. The first-order valence-corrected chi connectivity index (χ1v) is 7.92. The second kappa shape index (κ2) is 5.54. The number of carbonyl (C=O) groups excluding carboxylic acids is 2. The molecule has 2 amide bonds. The largest absolute Gasteiger partial charge is 0.444 e. The van der Waals surface area contributed by atoms with Crippen molar-refractivity contribution in [3.63, 3.8) is 0 Å². The van der Waals surface area contributed by atoms with Gasteiger partial charge in [-0.05, 0) is 27.7 Å². The Kier molecular flexibility index (Phi) is 3.82. The van der Waals surface area contributed by atoms with Gasteiger partial charge in [-0.2, -0.15) is 0 Å². The number of fused-ring (bicyclic) bond motifs is 1. The van der Waals surface area contributed by atoms with E-state index in [1.807, 2.05) is 20.8 Å². The fourth-order valence-corrected chi connectivity index (χ4v) is 3.29. The van der Waals surface area contributed by atoms with Crippen LogP contribution in [0, 0.1) is 18.8 Å². The Labute approximate surface area is 135 Å². The molecule has 0 aromatic carbocycles. The third kappa shape index (κ3) is 3.18. The minimum absolute atomic E-state index is 0.113. The molecular weight excluding hydrogens is 298 g/mol. The Bertz CT molecular complexity index is 605. The molecule has 3 heterocycles. The summed E-state index contributed by atoms with van der Waals surface area (Å²) in [6.45, 7) is 9.91. The summed E-state index contributed by atoms with van der Waals surface area (Å²) >= 11 is 0. The van der Waals surface area contributed by atoms with E-state index in [0.29, 0.717) is 49.5 Å². The molecule has 0 radical (unpaired) electrons. The zero-order valence-corrected chi connectivity index (χ0v) is 14.0. The number of ether oxygens (including phenoxy) is 1. The molecule has 2 atom stereocenters. The molecule has 7 heteroatoms. The van der Waals surface area contributed by atoms with Crippen LogP contribution >= 0.6 is 0 Å². The van der Waals surface area contributed by atoms with Crippen molar-refractivity contribution in [3.8, 4) is 0 Å². The van der Waals surface area contributed by atoms with E-state index >= 15 is 0 Å². The third-order valence-electron chi connectivity index (χ3n) is 4.36. The van der Waals surface area contributed by atoms with Crippen molar-refractivity contribution >= 4 is 12.0 Å². The number of hydrogen-bond donors (Lipinski definition) is 0. The predicted molar refractivity (Wildman–Crippen MR) is 81.9 cm³/mol. The fourth-order valence-electron chi connectivity index (χ4n) is 3.29. The summed E-state index contributed by atoms with van der Waals surface area (Å²) in [5.74, 6) is 0.802. The molecule has 2 aliphatic rings. The summed E-state index contributed by atoms with van der Waals surface area (Å²) in [5, 5.41) is 0. The Morgan fingerprint density at radius 3 is 2.22 bits per heavy atom. The van der Waals surface area contributed by atoms with Crippen LogP contribution in [-0.4, -0.2) is 58.6 Å². The van der Waals surface area contributed by atoms with Gasteiger partial charge in [-0.15, -0.1) is 0 Å². The first kappa shape index (κ1) is 15.8. The van der Waals surface area contributed by atoms with E-state index in [2.05, 4.69) is 4.98 Å². The van der Waals surface area contributed by atoms with Crippen LogP contribution in [0.5, 0.6) is 0 Å². The number of aromatic nitrogens is 1. The molecule has 3 rings (SSSR count). The average molecular weight is 321 g/mol. The first-order chi connectivity index (χ1) is 10.7. The van der Waals surface area contributed by atoms with E-state index in [4.69, 9.17) is 9.15 Å². The molecule has 0 N–H and O–H groups in total. The zero-order chi connectivity index (χ0) is 16.8. The van der Waals surface area contributed by atoms with E-state index in [1.54, 1.807) is 16.7 Å². The SMILES string of the molecule is Cc1ncoc1C(=O)N1CC2CN(C(=O)OC(C)(C)C)CC2C1. The van der Waals surface area contributed by atoms with Gasteiger partial charge in [-0.3, -0.25) is 4.79 Å². The Balaban J connectivity index is 1.59. The summed E-state index contributed by atoms with van der Waals surface area (Å²) in [4.78, 5) is 32.1. The van der Waals surface area contributed by atoms with Crippen LogP contribution in [0.25, 0.3) is 0 Å². The molecule has 2 aliphatic heterocycles. The van der Waals surface area contributed by atoms with Crippen LogP contribution in [0.3, 0.4) is 0 Å². The van der Waals surface area contributed by atoms with Crippen LogP contribution in [0.15, 0.2) is 10.8 Å². The first-order valence-electron chi connectivity index (χ1n) is 7.92. The quantitative estimate of drug-likeness (QED) is 0.790. The maximum atomic E-state index is 12.5. The van der Waals surface area contributed by atoms with Crippen LogP contribution in [0.4, 0.5) is 4.79 Å². The maximum Gasteiger partial charge on any atom is 0.410 e. The minimum Gasteiger partial charge on any atom is -0.444 e. The van der Waals surface area contributed by atoms with E-state index in [-0.39, 0.29) is 12.0 Å². The summed E-state index contributed by atoms with van der Waals surface area (Å²) in [6.07, 6.45) is 1.03. The second-order valence-corrected chi connectivity index (χ2v) is 7.38. The highest BCUT2D eigenvalue weighted by atomic mass is 16.6. The van der Waals surface area contributed by atoms with Crippen LogP contribution in [0.1, 0.15) is 37.0 Å². The standard InChI is InChI=1S/C16H23N3O4/c1-10-13(22-9-17-10)14(20)18-5-11-7-19(8-12(11)6-18)15(21)23-16(2,3)4/h9,11-12H,5-8H2,1-4H3. The van der Waals surface area contributed by atoms with Crippen molar-refractivity contribution in [2.24, 2.45) is 11.8 Å². The molecule has 2 saturated heterocycles. The smallest absolute Gasteiger partial charge is 0.410 e. The molecule has 7 nitrogen and oxygen atoms in total. The van der Waals surface area contributed by atoms with Gasteiger partial charge < -0.3 is 19.0 Å². The third-order valence-corrected chi connectivity index (χ3v) is 4.36. The summed E-state index contributed by atoms with van der Waals surface area (Å²) in [5.41, 5.74) is 0.128. The van der Waals surface area contributed by atoms with Crippen molar-refractivity contribution in [2.75, 3.05) is 26.2 Å². The highest BCUT2D eigenvalue weighted by molar-refractivity contribution is 5.92. The summed E-state index contributed by atoms with van der Waals surface area (Å²) in [6, 6.07) is 0. The molecule has 1 aromatic heterocycles. The molecule has 1 aromatic rings. The van der Waals surface area contributed by atoms with E-state index in [1.165, 1.54) is 6.39 Å². The van der Waals surface area contributed by atoms with Gasteiger partial charge in [-0.25, -0.2) is 9.78 Å². The lowest BCUT2D eigenvalue weighted by atomic mass is 10.0. The number of aryl methyl sites for hydroxylation is 1. The molecule has 0 aliphatic carbocycles. The molecule has 2 unspecified atom stereocenters. The van der Waals surface area contributed by atoms with Crippen molar-refractivity contribution < 1.29 is 18.7 Å². The lowest BCUT2D eigenvalue weighted by Crippen LogP contribution is -2.38. The van der Waals surface area contributed by atoms with E-state index in [9.17, 15) is 9.59 Å². The minimum atomic E-state index is -0.486. The molecule has 0 spiro atoms. The number of rotatable bonds is 1. The Morgan fingerprint density at radius 2 is 1.74 bits per heavy atom. The number of carbonyl (C=O) groups is 2. The molecule has 2 fully saturated rings. The van der Waals surface area contributed by atoms with Crippen LogP contribution < -0.4 is 0 Å². The van der Waals surface area contributed by atoms with Gasteiger partial charge in [0.2, 0.25) is 5.76 Å². The van der Waals surface area contributed by atoms with Crippen molar-refractivity contribution in [1.29, 1.82) is 0 Å². The van der Waals surface area contributed by atoms with Gasteiger partial charge in [0, 0.05) is 38.0 Å². The highest BCUT2D eigenvalue weighted by Crippen LogP contribution is 2.32. The van der Waals surface area contributed by atoms with E-state index in [0.717, 1.165) is 0 Å². The van der Waals surface area contributed by atoms with Gasteiger partial charge in [0.15, 0.2) is 6.39 Å². The van der Waals surface area contributed by atoms with Gasteiger partial charge >= 0.3 is 6.09 Å². The fraction of sp³-hybridized carbons (Fsp3) is 0.688. The van der Waals surface area contributed by atoms with Crippen LogP contribution in [-0.2, 0) is 4.74 Å². The van der Waals surface area contributed by atoms with E-state index < -0.39 is 5.60 Å². The summed E-state index contributed by atoms with van der Waals surface area (Å²) in [7, 11) is 0. The Hall–Kier alpha value is -2.05. The van der Waals surface area contributed by atoms with Gasteiger partial charge in [-0.1, -0.05) is 0 Å². The number of oxazole rings is 1. The molecule has 0 bridgehead atoms. The number of amides is 2. The average Bonchev–Trinajstić information content (AvgIpc) is 3.08. The summed E-state index contributed by atoms with van der Waals surface area (Å²) < 4.78 is 10.6. The Morgan fingerprint density at radius 1 is 1.17 bits per heavy atom. The topological polar surface area (TPSA) is 75.9 Å². The molecule has 23 heavy (non-hydrogen) atoms.